The molecule has 0 unspecified atom stereocenters. The maximum Gasteiger partial charge on any atom is 0.0725 e. The maximum absolute atomic E-state index is 2.48. The fourth-order valence-corrected chi connectivity index (χ4v) is 13.4. The van der Waals surface area contributed by atoms with Crippen molar-refractivity contribution in [2.24, 2.45) is 0 Å². The predicted octanol–water partition coefficient (Wildman–Crippen LogP) is 18.7. The Labute approximate surface area is 433 Å². The zero-order valence-electron chi connectivity index (χ0n) is 40.7. The summed E-state index contributed by atoms with van der Waals surface area (Å²) in [7, 11) is 0. The minimum Gasteiger partial charge on any atom is -0.0622 e. The van der Waals surface area contributed by atoms with Gasteiger partial charge in [-0.05, 0) is 164 Å². The molecule has 12 aromatic carbocycles. The number of rotatable bonds is 7. The van der Waals surface area contributed by atoms with E-state index in [0.717, 1.165) is 0 Å². The third kappa shape index (κ3) is 6.16. The van der Waals surface area contributed by atoms with Crippen LogP contribution in [-0.4, -0.2) is 0 Å². The highest BCUT2D eigenvalue weighted by molar-refractivity contribution is 5.96. The molecule has 0 saturated carbocycles. The first kappa shape index (κ1) is 42.3. The van der Waals surface area contributed by atoms with Crippen LogP contribution in [0.4, 0.5) is 0 Å². The van der Waals surface area contributed by atoms with Crippen LogP contribution in [0.1, 0.15) is 44.5 Å². The Morgan fingerprint density at radius 2 is 0.405 bits per heavy atom. The second-order valence-corrected chi connectivity index (χ2v) is 20.3. The zero-order chi connectivity index (χ0) is 48.8. The molecule has 344 valence electrons. The summed E-state index contributed by atoms with van der Waals surface area (Å²) in [6.45, 7) is 0. The number of benzene rings is 12. The van der Waals surface area contributed by atoms with Crippen LogP contribution < -0.4 is 0 Å². The molecule has 0 aromatic heterocycles. The minimum atomic E-state index is -0.436. The van der Waals surface area contributed by atoms with Gasteiger partial charge in [-0.1, -0.05) is 261 Å². The lowest BCUT2D eigenvalue weighted by Gasteiger charge is -2.34. The van der Waals surface area contributed by atoms with E-state index in [-0.39, 0.29) is 5.41 Å². The highest BCUT2D eigenvalue weighted by atomic mass is 14.5. The molecule has 0 bridgehead atoms. The largest absolute Gasteiger partial charge is 0.0725 e. The first-order valence-electron chi connectivity index (χ1n) is 25.9. The van der Waals surface area contributed by atoms with Crippen molar-refractivity contribution in [3.05, 3.63) is 336 Å². The molecule has 1 spiro atoms. The monoisotopic (exact) mass is 936 g/mol. The molecule has 0 nitrogen and oxygen atoms in total. The predicted molar refractivity (Wildman–Crippen MR) is 307 cm³/mol. The van der Waals surface area contributed by atoms with Crippen LogP contribution in [0.5, 0.6) is 0 Å². The fourth-order valence-electron chi connectivity index (χ4n) is 13.4. The summed E-state index contributed by atoms with van der Waals surface area (Å²) in [5.41, 5.74) is 29.8. The second-order valence-electron chi connectivity index (χ2n) is 20.3. The average Bonchev–Trinajstić information content (AvgIpc) is 4.09. The molecule has 0 amide bonds. The number of hydrogen-bond acceptors (Lipinski definition) is 0. The van der Waals surface area contributed by atoms with Crippen molar-refractivity contribution in [1.82, 2.24) is 0 Å². The summed E-state index contributed by atoms with van der Waals surface area (Å²) in [5, 5.41) is 0. The lowest BCUT2D eigenvalue weighted by atomic mass is 9.67. The van der Waals surface area contributed by atoms with Crippen LogP contribution in [0.2, 0.25) is 0 Å². The van der Waals surface area contributed by atoms with Gasteiger partial charge in [-0.3, -0.25) is 0 Å². The standard InChI is InChI=1S/C74H48/c1-3-24-59(25-4-1)73(60-26-5-2-6-27-60)67-32-11-7-30-63(67)65-42-40-57(47-71(65)73)55-22-16-19-52(45-55)50-38-36-49(37-39-50)51-18-15-20-53(44-51)54-21-17-23-56(46-54)58-41-43-66-64-31-10-14-35-70(64)74(72(66)48-58)68-33-12-8-28-61(68)62-29-9-13-34-69(62)74/h1-48H. The first-order valence-corrected chi connectivity index (χ1v) is 25.9. The van der Waals surface area contributed by atoms with Gasteiger partial charge in [-0.25, -0.2) is 0 Å². The summed E-state index contributed by atoms with van der Waals surface area (Å²) < 4.78 is 0. The maximum atomic E-state index is 2.48. The molecule has 74 heavy (non-hydrogen) atoms. The van der Waals surface area contributed by atoms with Crippen LogP contribution in [0.15, 0.2) is 291 Å². The van der Waals surface area contributed by atoms with Gasteiger partial charge in [0.25, 0.3) is 0 Å². The van der Waals surface area contributed by atoms with E-state index in [1.807, 2.05) is 0 Å². The van der Waals surface area contributed by atoms with E-state index in [2.05, 4.69) is 291 Å². The van der Waals surface area contributed by atoms with Crippen LogP contribution in [0.25, 0.3) is 89.0 Å². The fraction of sp³-hybridized carbons (Fsp3) is 0.0270. The molecule has 15 rings (SSSR count). The molecule has 0 N–H and O–H groups in total. The molecule has 0 atom stereocenters. The van der Waals surface area contributed by atoms with Crippen molar-refractivity contribution in [2.75, 3.05) is 0 Å². The highest BCUT2D eigenvalue weighted by Crippen LogP contribution is 2.63. The van der Waals surface area contributed by atoms with Gasteiger partial charge in [0.15, 0.2) is 0 Å². The highest BCUT2D eigenvalue weighted by Gasteiger charge is 2.51. The van der Waals surface area contributed by atoms with E-state index >= 15 is 0 Å². The van der Waals surface area contributed by atoms with Crippen molar-refractivity contribution in [3.63, 3.8) is 0 Å². The zero-order valence-corrected chi connectivity index (χ0v) is 40.7. The molecule has 3 aliphatic rings. The van der Waals surface area contributed by atoms with Gasteiger partial charge in [0.2, 0.25) is 0 Å². The number of fused-ring (bicyclic) bond motifs is 13. The Balaban J connectivity index is 0.745. The first-order chi connectivity index (χ1) is 36.7. The quantitative estimate of drug-likeness (QED) is 0.149. The topological polar surface area (TPSA) is 0 Å². The van der Waals surface area contributed by atoms with Gasteiger partial charge >= 0.3 is 0 Å². The van der Waals surface area contributed by atoms with E-state index in [1.54, 1.807) is 0 Å². The molecule has 0 aliphatic heterocycles. The van der Waals surface area contributed by atoms with Gasteiger partial charge in [-0.15, -0.1) is 0 Å². The lowest BCUT2D eigenvalue weighted by Crippen LogP contribution is -2.28. The molecule has 3 aliphatic carbocycles. The average molecular weight is 937 g/mol. The summed E-state index contributed by atoms with van der Waals surface area (Å²) in [5.74, 6) is 0. The second kappa shape index (κ2) is 16.6. The molecular formula is C74H48. The number of hydrogen-bond donors (Lipinski definition) is 0. The summed E-state index contributed by atoms with van der Waals surface area (Å²) in [4.78, 5) is 0. The van der Waals surface area contributed by atoms with Crippen LogP contribution in [-0.2, 0) is 10.8 Å². The van der Waals surface area contributed by atoms with Crippen molar-refractivity contribution >= 4 is 0 Å². The van der Waals surface area contributed by atoms with Gasteiger partial charge in [0.1, 0.15) is 0 Å². The smallest absolute Gasteiger partial charge is 0.0622 e. The van der Waals surface area contributed by atoms with Crippen LogP contribution in [0, 0.1) is 0 Å². The van der Waals surface area contributed by atoms with E-state index < -0.39 is 5.41 Å². The summed E-state index contributed by atoms with van der Waals surface area (Å²) >= 11 is 0. The third-order valence-corrected chi connectivity index (χ3v) is 16.6. The Kier molecular flexibility index (Phi) is 9.50. The van der Waals surface area contributed by atoms with Crippen molar-refractivity contribution < 1.29 is 0 Å². The van der Waals surface area contributed by atoms with Crippen molar-refractivity contribution in [1.29, 1.82) is 0 Å². The van der Waals surface area contributed by atoms with E-state index in [9.17, 15) is 0 Å². The van der Waals surface area contributed by atoms with Crippen LogP contribution >= 0.6 is 0 Å². The summed E-state index contributed by atoms with van der Waals surface area (Å²) in [6, 6.07) is 109. The normalized spacial score (nSPS) is 13.6. The molecular weight excluding hydrogens is 889 g/mol. The molecule has 0 fully saturated rings. The van der Waals surface area contributed by atoms with Gasteiger partial charge in [-0.2, -0.15) is 0 Å². The van der Waals surface area contributed by atoms with Gasteiger partial charge in [0, 0.05) is 0 Å². The Morgan fingerprint density at radius 1 is 0.149 bits per heavy atom. The minimum absolute atomic E-state index is 0.366. The summed E-state index contributed by atoms with van der Waals surface area (Å²) in [6.07, 6.45) is 0. The van der Waals surface area contributed by atoms with E-state index in [4.69, 9.17) is 0 Å². The molecule has 0 heteroatoms. The molecule has 0 heterocycles. The Bertz CT molecular complexity index is 4070. The van der Waals surface area contributed by atoms with E-state index in [0.29, 0.717) is 0 Å². The van der Waals surface area contributed by atoms with Crippen LogP contribution in [0.3, 0.4) is 0 Å². The third-order valence-electron chi connectivity index (χ3n) is 16.6. The van der Waals surface area contributed by atoms with Gasteiger partial charge < -0.3 is 0 Å². The van der Waals surface area contributed by atoms with Gasteiger partial charge in [0.05, 0.1) is 10.8 Å². The lowest BCUT2D eigenvalue weighted by molar-refractivity contribution is 0.769. The Morgan fingerprint density at radius 3 is 0.770 bits per heavy atom. The molecule has 0 saturated heterocycles. The Hall–Kier alpha value is -9.36. The molecule has 12 aromatic rings. The van der Waals surface area contributed by atoms with E-state index in [1.165, 1.54) is 134 Å². The van der Waals surface area contributed by atoms with Crippen molar-refractivity contribution in [3.8, 4) is 89.0 Å². The molecule has 0 radical (unpaired) electrons. The van der Waals surface area contributed by atoms with Crippen molar-refractivity contribution in [2.45, 2.75) is 10.8 Å². The SMILES string of the molecule is c1ccc(C2(c3ccccc3)c3ccccc3-c3ccc(-c4cccc(-c5ccc(-c6cccc(-c7cccc(-c8ccc9c(c8)C8(c%10ccccc%10-c%10ccccc%108)c8ccccc8-9)c7)c6)cc5)c4)cc32)cc1.